The number of pyridine rings is 1. The lowest BCUT2D eigenvalue weighted by atomic mass is 9.64. The minimum Gasteiger partial charge on any atom is -0.481 e. The molecular formula is C12H18N2O. The molecule has 0 bridgehead atoms. The third-order valence-corrected chi connectivity index (χ3v) is 3.41. The van der Waals surface area contributed by atoms with Crippen molar-refractivity contribution in [2.24, 2.45) is 5.73 Å². The van der Waals surface area contributed by atoms with Crippen LogP contribution in [-0.2, 0) is 5.41 Å². The van der Waals surface area contributed by atoms with Crippen LogP contribution in [0.25, 0.3) is 0 Å². The number of methoxy groups -OCH3 is 1. The molecule has 1 aliphatic rings. The van der Waals surface area contributed by atoms with E-state index in [4.69, 9.17) is 10.5 Å². The van der Waals surface area contributed by atoms with E-state index >= 15 is 0 Å². The first-order chi connectivity index (χ1) is 7.30. The lowest BCUT2D eigenvalue weighted by Crippen LogP contribution is -2.37. The molecule has 2 N–H and O–H groups in total. The van der Waals surface area contributed by atoms with Gasteiger partial charge in [0, 0.05) is 11.5 Å². The van der Waals surface area contributed by atoms with Gasteiger partial charge < -0.3 is 10.5 Å². The van der Waals surface area contributed by atoms with Crippen molar-refractivity contribution in [3.05, 3.63) is 23.9 Å². The minimum atomic E-state index is 0.239. The predicted molar refractivity (Wildman–Crippen MR) is 60.0 cm³/mol. The van der Waals surface area contributed by atoms with Gasteiger partial charge in [0.05, 0.1) is 12.8 Å². The van der Waals surface area contributed by atoms with Crippen LogP contribution in [-0.4, -0.2) is 18.6 Å². The van der Waals surface area contributed by atoms with Gasteiger partial charge in [0.1, 0.15) is 0 Å². The van der Waals surface area contributed by atoms with Crippen molar-refractivity contribution in [1.29, 1.82) is 0 Å². The molecule has 0 radical (unpaired) electrons. The van der Waals surface area contributed by atoms with Crippen LogP contribution in [0.3, 0.4) is 0 Å². The normalized spacial score (nSPS) is 18.3. The zero-order chi connectivity index (χ0) is 10.7. The van der Waals surface area contributed by atoms with Crippen molar-refractivity contribution >= 4 is 0 Å². The smallest absolute Gasteiger partial charge is 0.213 e. The van der Waals surface area contributed by atoms with Crippen LogP contribution in [0.15, 0.2) is 18.2 Å². The molecule has 0 aromatic carbocycles. The minimum absolute atomic E-state index is 0.239. The van der Waals surface area contributed by atoms with E-state index in [1.807, 2.05) is 12.1 Å². The lowest BCUT2D eigenvalue weighted by molar-refractivity contribution is 0.220. The third-order valence-electron chi connectivity index (χ3n) is 3.41. The van der Waals surface area contributed by atoms with Crippen molar-refractivity contribution in [2.75, 3.05) is 13.7 Å². The standard InChI is InChI=1S/C12H18N2O/c1-15-11-5-2-4-10(14-11)12(8-9-13)6-3-7-12/h2,4-5H,3,6-9,13H2,1H3. The monoisotopic (exact) mass is 206 g/mol. The van der Waals surface area contributed by atoms with E-state index in [0.717, 1.165) is 18.7 Å². The number of rotatable bonds is 4. The van der Waals surface area contributed by atoms with E-state index in [2.05, 4.69) is 11.1 Å². The molecular weight excluding hydrogens is 188 g/mol. The Morgan fingerprint density at radius 2 is 2.27 bits per heavy atom. The van der Waals surface area contributed by atoms with Crippen LogP contribution in [0.2, 0.25) is 0 Å². The first-order valence-corrected chi connectivity index (χ1v) is 5.52. The molecule has 0 aliphatic heterocycles. The van der Waals surface area contributed by atoms with E-state index in [1.54, 1.807) is 7.11 Å². The summed E-state index contributed by atoms with van der Waals surface area (Å²) in [6, 6.07) is 5.99. The molecule has 1 aromatic heterocycles. The topological polar surface area (TPSA) is 48.1 Å². The molecule has 1 aliphatic carbocycles. The Balaban J connectivity index is 2.26. The first-order valence-electron chi connectivity index (χ1n) is 5.52. The fourth-order valence-corrected chi connectivity index (χ4v) is 2.34. The number of aromatic nitrogens is 1. The number of hydrogen-bond donors (Lipinski definition) is 1. The van der Waals surface area contributed by atoms with Gasteiger partial charge in [-0.1, -0.05) is 12.5 Å². The second kappa shape index (κ2) is 4.19. The molecule has 0 unspecified atom stereocenters. The third kappa shape index (κ3) is 1.84. The average Bonchev–Trinajstić information content (AvgIpc) is 2.23. The molecule has 3 nitrogen and oxygen atoms in total. The SMILES string of the molecule is COc1cccc(C2(CCN)CCC2)n1. The molecule has 0 amide bonds. The van der Waals surface area contributed by atoms with Gasteiger partial charge >= 0.3 is 0 Å². The summed E-state index contributed by atoms with van der Waals surface area (Å²) < 4.78 is 5.15. The highest BCUT2D eigenvalue weighted by molar-refractivity contribution is 5.25. The Morgan fingerprint density at radius 3 is 2.80 bits per heavy atom. The Morgan fingerprint density at radius 1 is 1.47 bits per heavy atom. The molecule has 1 saturated carbocycles. The lowest BCUT2D eigenvalue weighted by Gasteiger charge is -2.41. The number of nitrogens with two attached hydrogens (primary N) is 1. The molecule has 0 spiro atoms. The fraction of sp³-hybridized carbons (Fsp3) is 0.583. The maximum Gasteiger partial charge on any atom is 0.213 e. The molecule has 0 atom stereocenters. The van der Waals surface area contributed by atoms with Gasteiger partial charge in [-0.3, -0.25) is 0 Å². The van der Waals surface area contributed by atoms with Crippen molar-refractivity contribution < 1.29 is 4.74 Å². The summed E-state index contributed by atoms with van der Waals surface area (Å²) in [5, 5.41) is 0. The Labute approximate surface area is 90.7 Å². The molecule has 2 rings (SSSR count). The summed E-state index contributed by atoms with van der Waals surface area (Å²) in [7, 11) is 1.66. The highest BCUT2D eigenvalue weighted by Crippen LogP contribution is 2.45. The largest absolute Gasteiger partial charge is 0.481 e. The zero-order valence-corrected chi connectivity index (χ0v) is 9.20. The predicted octanol–water partition coefficient (Wildman–Crippen LogP) is 1.86. The van der Waals surface area contributed by atoms with Crippen LogP contribution in [0, 0.1) is 0 Å². The average molecular weight is 206 g/mol. The summed E-state index contributed by atoms with van der Waals surface area (Å²) >= 11 is 0. The Bertz CT molecular complexity index is 334. The van der Waals surface area contributed by atoms with Crippen LogP contribution in [0.1, 0.15) is 31.4 Å². The molecule has 1 heterocycles. The van der Waals surface area contributed by atoms with Gasteiger partial charge in [0.25, 0.3) is 0 Å². The van der Waals surface area contributed by atoms with Gasteiger partial charge in [-0.25, -0.2) is 4.98 Å². The van der Waals surface area contributed by atoms with Crippen LogP contribution < -0.4 is 10.5 Å². The molecule has 82 valence electrons. The highest BCUT2D eigenvalue weighted by atomic mass is 16.5. The Hall–Kier alpha value is -1.09. The second-order valence-electron chi connectivity index (χ2n) is 4.24. The number of hydrogen-bond acceptors (Lipinski definition) is 3. The maximum absolute atomic E-state index is 5.67. The van der Waals surface area contributed by atoms with Crippen LogP contribution in [0.5, 0.6) is 5.88 Å². The van der Waals surface area contributed by atoms with Gasteiger partial charge in [-0.05, 0) is 31.9 Å². The fourth-order valence-electron chi connectivity index (χ4n) is 2.34. The van der Waals surface area contributed by atoms with E-state index in [0.29, 0.717) is 5.88 Å². The number of ether oxygens (including phenoxy) is 1. The van der Waals surface area contributed by atoms with E-state index < -0.39 is 0 Å². The number of nitrogens with zero attached hydrogens (tertiary/aromatic N) is 1. The molecule has 15 heavy (non-hydrogen) atoms. The summed E-state index contributed by atoms with van der Waals surface area (Å²) in [6.45, 7) is 0.735. The first kappa shape index (κ1) is 10.4. The van der Waals surface area contributed by atoms with Crippen molar-refractivity contribution in [2.45, 2.75) is 31.1 Å². The van der Waals surface area contributed by atoms with Gasteiger partial charge in [-0.2, -0.15) is 0 Å². The van der Waals surface area contributed by atoms with Crippen molar-refractivity contribution in [3.63, 3.8) is 0 Å². The van der Waals surface area contributed by atoms with Crippen LogP contribution >= 0.6 is 0 Å². The Kier molecular flexibility index (Phi) is 2.91. The van der Waals surface area contributed by atoms with Gasteiger partial charge in [0.15, 0.2) is 0 Å². The van der Waals surface area contributed by atoms with Gasteiger partial charge in [0.2, 0.25) is 5.88 Å². The maximum atomic E-state index is 5.67. The van der Waals surface area contributed by atoms with Crippen molar-refractivity contribution in [1.82, 2.24) is 4.98 Å². The molecule has 1 aromatic rings. The molecule has 3 heteroatoms. The van der Waals surface area contributed by atoms with E-state index in [-0.39, 0.29) is 5.41 Å². The molecule has 0 saturated heterocycles. The second-order valence-corrected chi connectivity index (χ2v) is 4.24. The zero-order valence-electron chi connectivity index (χ0n) is 9.20. The quantitative estimate of drug-likeness (QED) is 0.818. The van der Waals surface area contributed by atoms with E-state index in [9.17, 15) is 0 Å². The highest BCUT2D eigenvalue weighted by Gasteiger charge is 2.39. The summed E-state index contributed by atoms with van der Waals surface area (Å²) in [5.41, 5.74) is 7.06. The summed E-state index contributed by atoms with van der Waals surface area (Å²) in [6.07, 6.45) is 4.75. The summed E-state index contributed by atoms with van der Waals surface area (Å²) in [5.74, 6) is 0.704. The molecule has 1 fully saturated rings. The van der Waals surface area contributed by atoms with Crippen molar-refractivity contribution in [3.8, 4) is 5.88 Å². The van der Waals surface area contributed by atoms with E-state index in [1.165, 1.54) is 19.3 Å². The van der Waals surface area contributed by atoms with Gasteiger partial charge in [-0.15, -0.1) is 0 Å². The van der Waals surface area contributed by atoms with Crippen LogP contribution in [0.4, 0.5) is 0 Å². The summed E-state index contributed by atoms with van der Waals surface area (Å²) in [4.78, 5) is 4.53.